The van der Waals surface area contributed by atoms with Crippen LogP contribution in [0.5, 0.6) is 5.75 Å². The summed E-state index contributed by atoms with van der Waals surface area (Å²) in [7, 11) is 1.57. The standard InChI is InChI=1S/C28H26FN3O5S/c1-3-37-27(35)19-6-12-22(13-7-19)32-26(34)24(16-25(33)30-21-10-8-20(29)9-11-21)31(28(32)38)17-18-4-14-23(36-2)15-5-18/h4-15,24H,3,16-17H2,1-2H3,(H,30,33). The highest BCUT2D eigenvalue weighted by Crippen LogP contribution is 2.29. The molecular weight excluding hydrogens is 509 g/mol. The smallest absolute Gasteiger partial charge is 0.338 e. The van der Waals surface area contributed by atoms with E-state index < -0.39 is 23.7 Å². The molecule has 0 bridgehead atoms. The minimum Gasteiger partial charge on any atom is -0.497 e. The average molecular weight is 536 g/mol. The van der Waals surface area contributed by atoms with Crippen LogP contribution in [-0.4, -0.2) is 47.6 Å². The van der Waals surface area contributed by atoms with Crippen LogP contribution in [0.2, 0.25) is 0 Å². The Morgan fingerprint density at radius 2 is 1.66 bits per heavy atom. The summed E-state index contributed by atoms with van der Waals surface area (Å²) < 4.78 is 23.5. The lowest BCUT2D eigenvalue weighted by Gasteiger charge is -2.24. The van der Waals surface area contributed by atoms with Crippen molar-refractivity contribution in [3.63, 3.8) is 0 Å². The van der Waals surface area contributed by atoms with Crippen molar-refractivity contribution in [3.8, 4) is 5.75 Å². The number of carbonyl (C=O) groups excluding carboxylic acids is 3. The Hall–Kier alpha value is -4.31. The number of hydrogen-bond donors (Lipinski definition) is 1. The molecule has 1 atom stereocenters. The number of thiocarbonyl (C=S) groups is 1. The molecule has 10 heteroatoms. The zero-order valence-corrected chi connectivity index (χ0v) is 21.7. The van der Waals surface area contributed by atoms with Gasteiger partial charge in [0.15, 0.2) is 5.11 Å². The van der Waals surface area contributed by atoms with E-state index in [-0.39, 0.29) is 30.6 Å². The predicted molar refractivity (Wildman–Crippen MR) is 144 cm³/mol. The van der Waals surface area contributed by atoms with Crippen LogP contribution in [0.3, 0.4) is 0 Å². The first-order valence-electron chi connectivity index (χ1n) is 11.9. The molecule has 1 heterocycles. The van der Waals surface area contributed by atoms with Crippen molar-refractivity contribution < 1.29 is 28.2 Å². The number of benzene rings is 3. The topological polar surface area (TPSA) is 88.2 Å². The quantitative estimate of drug-likeness (QED) is 0.318. The van der Waals surface area contributed by atoms with Gasteiger partial charge in [0.2, 0.25) is 5.91 Å². The number of rotatable bonds is 9. The molecule has 4 rings (SSSR count). The number of methoxy groups -OCH3 is 1. The van der Waals surface area contributed by atoms with Crippen LogP contribution >= 0.6 is 12.2 Å². The SMILES string of the molecule is CCOC(=O)c1ccc(N2C(=O)C(CC(=O)Nc3ccc(F)cc3)N(Cc3ccc(OC)cc3)C2=S)cc1. The summed E-state index contributed by atoms with van der Waals surface area (Å²) in [6.07, 6.45) is -0.177. The van der Waals surface area contributed by atoms with Crippen molar-refractivity contribution in [3.05, 3.63) is 89.7 Å². The van der Waals surface area contributed by atoms with Crippen LogP contribution in [0.1, 0.15) is 29.3 Å². The molecule has 0 saturated carbocycles. The molecule has 1 fully saturated rings. The first-order valence-corrected chi connectivity index (χ1v) is 12.3. The highest BCUT2D eigenvalue weighted by atomic mass is 32.1. The van der Waals surface area contributed by atoms with Crippen LogP contribution in [0.15, 0.2) is 72.8 Å². The summed E-state index contributed by atoms with van der Waals surface area (Å²) in [4.78, 5) is 41.6. The van der Waals surface area contributed by atoms with Crippen LogP contribution < -0.4 is 15.0 Å². The average Bonchev–Trinajstić information content (AvgIpc) is 3.14. The Bertz CT molecular complexity index is 1330. The molecule has 0 radical (unpaired) electrons. The van der Waals surface area contributed by atoms with Gasteiger partial charge in [-0.15, -0.1) is 0 Å². The lowest BCUT2D eigenvalue weighted by atomic mass is 10.1. The zero-order chi connectivity index (χ0) is 27.2. The number of halogens is 1. The Labute approximate surface area is 224 Å². The predicted octanol–water partition coefficient (Wildman–Crippen LogP) is 4.54. The Kier molecular flexibility index (Phi) is 8.32. The van der Waals surface area contributed by atoms with Gasteiger partial charge in [-0.05, 0) is 85.4 Å². The largest absolute Gasteiger partial charge is 0.497 e. The fourth-order valence-electron chi connectivity index (χ4n) is 4.06. The van der Waals surface area contributed by atoms with Gasteiger partial charge in [0.25, 0.3) is 5.91 Å². The third kappa shape index (κ3) is 5.97. The number of carbonyl (C=O) groups is 3. The fourth-order valence-corrected chi connectivity index (χ4v) is 4.45. The molecular formula is C28H26FN3O5S. The van der Waals surface area contributed by atoms with E-state index in [1.165, 1.54) is 29.2 Å². The van der Waals surface area contributed by atoms with Gasteiger partial charge in [-0.1, -0.05) is 12.1 Å². The van der Waals surface area contributed by atoms with Gasteiger partial charge >= 0.3 is 5.97 Å². The number of anilines is 2. The highest BCUT2D eigenvalue weighted by molar-refractivity contribution is 7.80. The number of ether oxygens (including phenoxy) is 2. The molecule has 196 valence electrons. The van der Waals surface area contributed by atoms with Crippen molar-refractivity contribution in [2.45, 2.75) is 25.9 Å². The summed E-state index contributed by atoms with van der Waals surface area (Å²) in [5, 5.41) is 2.93. The molecule has 3 aromatic rings. The van der Waals surface area contributed by atoms with Crippen LogP contribution in [0.4, 0.5) is 15.8 Å². The number of hydrogen-bond acceptors (Lipinski definition) is 6. The third-order valence-electron chi connectivity index (χ3n) is 5.97. The summed E-state index contributed by atoms with van der Waals surface area (Å²) in [6.45, 7) is 2.25. The molecule has 0 aliphatic carbocycles. The molecule has 0 spiro atoms. The van der Waals surface area contributed by atoms with E-state index >= 15 is 0 Å². The molecule has 1 aliphatic rings. The van der Waals surface area contributed by atoms with Crippen molar-refractivity contribution in [1.82, 2.24) is 4.90 Å². The molecule has 38 heavy (non-hydrogen) atoms. The Morgan fingerprint density at radius 1 is 1.00 bits per heavy atom. The van der Waals surface area contributed by atoms with E-state index in [1.807, 2.05) is 12.1 Å². The van der Waals surface area contributed by atoms with Gasteiger partial charge < -0.3 is 19.7 Å². The third-order valence-corrected chi connectivity index (χ3v) is 6.39. The number of nitrogens with zero attached hydrogens (tertiary/aromatic N) is 2. The summed E-state index contributed by atoms with van der Waals surface area (Å²) in [5.41, 5.74) is 2.09. The normalized spacial score (nSPS) is 15.0. The Morgan fingerprint density at radius 3 is 2.26 bits per heavy atom. The van der Waals surface area contributed by atoms with E-state index in [2.05, 4.69) is 5.32 Å². The van der Waals surface area contributed by atoms with E-state index in [4.69, 9.17) is 21.7 Å². The molecule has 1 unspecified atom stereocenters. The maximum absolute atomic E-state index is 13.6. The van der Waals surface area contributed by atoms with Crippen LogP contribution in [-0.2, 0) is 20.9 Å². The zero-order valence-electron chi connectivity index (χ0n) is 20.8. The van der Waals surface area contributed by atoms with Gasteiger partial charge in [0.1, 0.15) is 17.6 Å². The van der Waals surface area contributed by atoms with Crippen molar-refractivity contribution in [2.24, 2.45) is 0 Å². The molecule has 0 aromatic heterocycles. The second kappa shape index (κ2) is 11.8. The maximum Gasteiger partial charge on any atom is 0.338 e. The summed E-state index contributed by atoms with van der Waals surface area (Å²) in [6, 6.07) is 18.2. The molecule has 8 nitrogen and oxygen atoms in total. The number of nitrogens with one attached hydrogen (secondary N) is 1. The van der Waals surface area contributed by atoms with Crippen LogP contribution in [0, 0.1) is 5.82 Å². The highest BCUT2D eigenvalue weighted by Gasteiger charge is 2.44. The second-order valence-corrected chi connectivity index (χ2v) is 8.84. The van der Waals surface area contributed by atoms with Gasteiger partial charge in [-0.25, -0.2) is 9.18 Å². The number of amides is 2. The monoisotopic (exact) mass is 535 g/mol. The fraction of sp³-hybridized carbons (Fsp3) is 0.214. The van der Waals surface area contributed by atoms with Gasteiger partial charge in [-0.2, -0.15) is 0 Å². The molecule has 1 aliphatic heterocycles. The maximum atomic E-state index is 13.6. The van der Waals surface area contributed by atoms with Gasteiger partial charge in [0, 0.05) is 12.2 Å². The number of esters is 1. The lowest BCUT2D eigenvalue weighted by Crippen LogP contribution is -2.37. The summed E-state index contributed by atoms with van der Waals surface area (Å²) >= 11 is 5.71. The van der Waals surface area contributed by atoms with E-state index in [0.717, 1.165) is 5.56 Å². The van der Waals surface area contributed by atoms with Gasteiger partial charge in [-0.3, -0.25) is 14.5 Å². The molecule has 2 amide bonds. The molecule has 1 saturated heterocycles. The van der Waals surface area contributed by atoms with Crippen molar-refractivity contribution >= 4 is 46.5 Å². The lowest BCUT2D eigenvalue weighted by molar-refractivity contribution is -0.124. The minimum atomic E-state index is -0.880. The van der Waals surface area contributed by atoms with Crippen molar-refractivity contribution in [1.29, 1.82) is 0 Å². The van der Waals surface area contributed by atoms with Crippen LogP contribution in [0.25, 0.3) is 0 Å². The van der Waals surface area contributed by atoms with Gasteiger partial charge in [0.05, 0.1) is 31.4 Å². The van der Waals surface area contributed by atoms with E-state index in [9.17, 15) is 18.8 Å². The summed E-state index contributed by atoms with van der Waals surface area (Å²) in [5.74, 6) is -0.994. The Balaban J connectivity index is 1.59. The van der Waals surface area contributed by atoms with Crippen molar-refractivity contribution in [2.75, 3.05) is 23.9 Å². The molecule has 3 aromatic carbocycles. The van der Waals surface area contributed by atoms with E-state index in [0.29, 0.717) is 22.7 Å². The first-order chi connectivity index (χ1) is 18.3. The molecule has 1 N–H and O–H groups in total. The minimum absolute atomic E-state index is 0.177. The first kappa shape index (κ1) is 26.7. The second-order valence-electron chi connectivity index (χ2n) is 8.47. The van der Waals surface area contributed by atoms with E-state index in [1.54, 1.807) is 55.3 Å².